The molecule has 3 heterocycles. The van der Waals surface area contributed by atoms with Gasteiger partial charge in [0.05, 0.1) is 18.2 Å². The van der Waals surface area contributed by atoms with Gasteiger partial charge in [0.2, 0.25) is 0 Å². The molecule has 142 valence electrons. The van der Waals surface area contributed by atoms with Crippen molar-refractivity contribution in [1.82, 2.24) is 14.2 Å². The second-order valence-electron chi connectivity index (χ2n) is 6.31. The Labute approximate surface area is 164 Å². The van der Waals surface area contributed by atoms with Gasteiger partial charge in [0, 0.05) is 29.7 Å². The Morgan fingerprint density at radius 2 is 2.14 bits per heavy atom. The fourth-order valence-corrected chi connectivity index (χ4v) is 4.22. The van der Waals surface area contributed by atoms with E-state index < -0.39 is 5.97 Å². The molecule has 0 bridgehead atoms. The van der Waals surface area contributed by atoms with Gasteiger partial charge in [-0.1, -0.05) is 18.2 Å². The van der Waals surface area contributed by atoms with Crippen LogP contribution < -0.4 is 5.56 Å². The van der Waals surface area contributed by atoms with Crippen LogP contribution in [0.15, 0.2) is 46.7 Å². The fraction of sp³-hybridized carbons (Fsp3) is 0.200. The summed E-state index contributed by atoms with van der Waals surface area (Å²) >= 11 is 1.16. The normalized spacial score (nSPS) is 11.7. The maximum Gasteiger partial charge on any atom is 0.348 e. The lowest BCUT2D eigenvalue weighted by molar-refractivity contribution is 0.0531. The molecule has 8 heteroatoms. The van der Waals surface area contributed by atoms with E-state index in [1.165, 1.54) is 11.0 Å². The van der Waals surface area contributed by atoms with Crippen LogP contribution in [0, 0.1) is 6.92 Å². The number of benzene rings is 1. The average molecular weight is 394 g/mol. The summed E-state index contributed by atoms with van der Waals surface area (Å²) in [6.45, 7) is 3.75. The maximum atomic E-state index is 12.9. The molecular weight excluding hydrogens is 376 g/mol. The number of hydrogen-bond donors (Lipinski definition) is 0. The Bertz CT molecular complexity index is 1300. The minimum absolute atomic E-state index is 0.277. The summed E-state index contributed by atoms with van der Waals surface area (Å²) in [6.07, 6.45) is 4.97. The number of para-hydroxylation sites is 1. The molecule has 0 radical (unpaired) electrons. The van der Waals surface area contributed by atoms with Gasteiger partial charge in [0.1, 0.15) is 16.0 Å². The fourth-order valence-electron chi connectivity index (χ4n) is 3.19. The van der Waals surface area contributed by atoms with E-state index in [4.69, 9.17) is 4.74 Å². The number of hydrogen-bond acceptors (Lipinski definition) is 6. The van der Waals surface area contributed by atoms with Crippen molar-refractivity contribution in [2.75, 3.05) is 6.61 Å². The first-order valence-corrected chi connectivity index (χ1v) is 9.59. The predicted octanol–water partition coefficient (Wildman–Crippen LogP) is 3.32. The van der Waals surface area contributed by atoms with Crippen molar-refractivity contribution in [1.29, 1.82) is 0 Å². The van der Waals surface area contributed by atoms with E-state index in [0.29, 0.717) is 20.7 Å². The minimum Gasteiger partial charge on any atom is -0.462 e. The van der Waals surface area contributed by atoms with Gasteiger partial charge in [-0.05, 0) is 25.5 Å². The number of nitrogens with zero attached hydrogens (tertiary/aromatic N) is 4. The molecule has 28 heavy (non-hydrogen) atoms. The molecule has 0 N–H and O–H groups in total. The number of thiophene rings is 1. The summed E-state index contributed by atoms with van der Waals surface area (Å²) in [5.74, 6) is -0.437. The van der Waals surface area contributed by atoms with Gasteiger partial charge in [0.15, 0.2) is 0 Å². The first-order chi connectivity index (χ1) is 13.5. The molecule has 0 spiro atoms. The molecule has 0 aliphatic carbocycles. The van der Waals surface area contributed by atoms with Crippen LogP contribution in [0.1, 0.15) is 27.7 Å². The first kappa shape index (κ1) is 18.1. The third kappa shape index (κ3) is 2.91. The topological polar surface area (TPSA) is 78.5 Å². The van der Waals surface area contributed by atoms with Crippen molar-refractivity contribution in [2.45, 2.75) is 13.8 Å². The van der Waals surface area contributed by atoms with Gasteiger partial charge in [-0.2, -0.15) is 9.78 Å². The summed E-state index contributed by atoms with van der Waals surface area (Å²) in [7, 11) is 1.96. The van der Waals surface area contributed by atoms with Crippen molar-refractivity contribution < 1.29 is 9.53 Å². The lowest BCUT2D eigenvalue weighted by atomic mass is 10.2. The SMILES string of the molecule is CCOC(=O)c1sc2ncn(/N=C/c3cn(C)c4ccccc34)c(=O)c2c1C. The molecule has 4 rings (SSSR count). The summed E-state index contributed by atoms with van der Waals surface area (Å²) in [5.41, 5.74) is 2.24. The van der Waals surface area contributed by atoms with Gasteiger partial charge in [-0.15, -0.1) is 11.3 Å². The molecule has 0 fully saturated rings. The van der Waals surface area contributed by atoms with Gasteiger partial charge in [-0.3, -0.25) is 4.79 Å². The molecule has 4 aromatic rings. The van der Waals surface area contributed by atoms with Crippen LogP contribution in [-0.4, -0.2) is 33.0 Å². The van der Waals surface area contributed by atoms with Crippen molar-refractivity contribution in [2.24, 2.45) is 12.1 Å². The number of rotatable bonds is 4. The Morgan fingerprint density at radius 3 is 2.93 bits per heavy atom. The van der Waals surface area contributed by atoms with Crippen LogP contribution in [-0.2, 0) is 11.8 Å². The zero-order valence-corrected chi connectivity index (χ0v) is 16.5. The van der Waals surface area contributed by atoms with Crippen LogP contribution >= 0.6 is 11.3 Å². The molecule has 0 aliphatic rings. The van der Waals surface area contributed by atoms with E-state index in [2.05, 4.69) is 10.1 Å². The zero-order chi connectivity index (χ0) is 19.8. The largest absolute Gasteiger partial charge is 0.462 e. The van der Waals surface area contributed by atoms with Crippen molar-refractivity contribution in [3.05, 3.63) is 63.1 Å². The highest BCUT2D eigenvalue weighted by atomic mass is 32.1. The molecule has 0 aliphatic heterocycles. The summed E-state index contributed by atoms with van der Waals surface area (Å²) in [6, 6.07) is 7.98. The Morgan fingerprint density at radius 1 is 1.36 bits per heavy atom. The highest BCUT2D eigenvalue weighted by Gasteiger charge is 2.20. The highest BCUT2D eigenvalue weighted by Crippen LogP contribution is 2.27. The summed E-state index contributed by atoms with van der Waals surface area (Å²) in [4.78, 5) is 30.2. The van der Waals surface area contributed by atoms with Crippen LogP contribution in [0.3, 0.4) is 0 Å². The Kier molecular flexibility index (Phi) is 4.56. The van der Waals surface area contributed by atoms with E-state index in [1.807, 2.05) is 42.1 Å². The molecular formula is C20H18N4O3S. The molecule has 0 amide bonds. The third-order valence-electron chi connectivity index (χ3n) is 4.54. The van der Waals surface area contributed by atoms with E-state index in [1.54, 1.807) is 20.1 Å². The lowest BCUT2D eigenvalue weighted by Crippen LogP contribution is -2.17. The molecule has 0 unspecified atom stereocenters. The van der Waals surface area contributed by atoms with E-state index in [9.17, 15) is 9.59 Å². The quantitative estimate of drug-likeness (QED) is 0.393. The van der Waals surface area contributed by atoms with Crippen molar-refractivity contribution in [3.63, 3.8) is 0 Å². The number of fused-ring (bicyclic) bond motifs is 2. The van der Waals surface area contributed by atoms with Crippen molar-refractivity contribution >= 4 is 44.6 Å². The number of carbonyl (C=O) groups excluding carboxylic acids is 1. The third-order valence-corrected chi connectivity index (χ3v) is 5.72. The molecule has 7 nitrogen and oxygen atoms in total. The summed E-state index contributed by atoms with van der Waals surface area (Å²) < 4.78 is 8.26. The second-order valence-corrected chi connectivity index (χ2v) is 7.31. The van der Waals surface area contributed by atoms with Gasteiger partial charge in [-0.25, -0.2) is 9.78 Å². The van der Waals surface area contributed by atoms with E-state index >= 15 is 0 Å². The number of aromatic nitrogens is 3. The summed E-state index contributed by atoms with van der Waals surface area (Å²) in [5, 5.41) is 5.76. The van der Waals surface area contributed by atoms with Crippen LogP contribution in [0.2, 0.25) is 0 Å². The van der Waals surface area contributed by atoms with Gasteiger partial charge in [0.25, 0.3) is 5.56 Å². The lowest BCUT2D eigenvalue weighted by Gasteiger charge is -1.99. The zero-order valence-electron chi connectivity index (χ0n) is 15.7. The molecule has 0 saturated heterocycles. The number of carbonyl (C=O) groups is 1. The van der Waals surface area contributed by atoms with Crippen LogP contribution in [0.25, 0.3) is 21.1 Å². The monoisotopic (exact) mass is 394 g/mol. The second kappa shape index (κ2) is 7.05. The van der Waals surface area contributed by atoms with Gasteiger partial charge < -0.3 is 9.30 Å². The molecule has 3 aromatic heterocycles. The molecule has 1 aromatic carbocycles. The van der Waals surface area contributed by atoms with Crippen LogP contribution in [0.5, 0.6) is 0 Å². The van der Waals surface area contributed by atoms with Crippen molar-refractivity contribution in [3.8, 4) is 0 Å². The van der Waals surface area contributed by atoms with Crippen LogP contribution in [0.4, 0.5) is 0 Å². The number of ether oxygens (including phenoxy) is 1. The Balaban J connectivity index is 1.78. The molecule has 0 saturated carbocycles. The molecule has 0 atom stereocenters. The number of aryl methyl sites for hydroxylation is 2. The van der Waals surface area contributed by atoms with E-state index in [0.717, 1.165) is 27.8 Å². The van der Waals surface area contributed by atoms with Gasteiger partial charge >= 0.3 is 5.97 Å². The number of esters is 1. The maximum absolute atomic E-state index is 12.9. The highest BCUT2D eigenvalue weighted by molar-refractivity contribution is 7.20. The predicted molar refractivity (Wildman–Crippen MR) is 110 cm³/mol. The minimum atomic E-state index is -0.437. The first-order valence-electron chi connectivity index (χ1n) is 8.77. The Hall–Kier alpha value is -3.26. The smallest absolute Gasteiger partial charge is 0.348 e. The average Bonchev–Trinajstić information content (AvgIpc) is 3.20. The standard InChI is InChI=1S/C20H18N4O3S/c1-4-27-20(26)17-12(2)16-18(28-17)21-11-24(19(16)25)22-9-13-10-23(3)15-8-6-5-7-14(13)15/h5-11H,4H2,1-3H3/b22-9+. The van der Waals surface area contributed by atoms with E-state index in [-0.39, 0.29) is 12.2 Å².